The van der Waals surface area contributed by atoms with Gasteiger partial charge >= 0.3 is 0 Å². The predicted molar refractivity (Wildman–Crippen MR) is 81.1 cm³/mol. The maximum absolute atomic E-state index is 5.71. The SMILES string of the molecule is C=C(C)CCOc1ccc(Br)c(CNCCC)c1. The van der Waals surface area contributed by atoms with Crippen LogP contribution in [0.5, 0.6) is 5.75 Å². The second kappa shape index (κ2) is 8.33. The van der Waals surface area contributed by atoms with Crippen molar-refractivity contribution in [1.82, 2.24) is 5.32 Å². The van der Waals surface area contributed by atoms with Crippen LogP contribution in [0.1, 0.15) is 32.3 Å². The van der Waals surface area contributed by atoms with Gasteiger partial charge in [0.2, 0.25) is 0 Å². The predicted octanol–water partition coefficient (Wildman–Crippen LogP) is 4.29. The third kappa shape index (κ3) is 5.69. The first kappa shape index (κ1) is 15.3. The molecule has 1 N–H and O–H groups in total. The number of benzene rings is 1. The third-order valence-electron chi connectivity index (χ3n) is 2.56. The van der Waals surface area contributed by atoms with E-state index < -0.39 is 0 Å². The van der Waals surface area contributed by atoms with Crippen molar-refractivity contribution < 1.29 is 4.74 Å². The van der Waals surface area contributed by atoms with E-state index in [1.807, 2.05) is 19.1 Å². The number of halogens is 1. The number of hydrogen-bond donors (Lipinski definition) is 1. The summed E-state index contributed by atoms with van der Waals surface area (Å²) in [5.41, 5.74) is 2.38. The van der Waals surface area contributed by atoms with Gasteiger partial charge in [0, 0.05) is 17.4 Å². The van der Waals surface area contributed by atoms with Crippen molar-refractivity contribution in [2.45, 2.75) is 33.2 Å². The normalized spacial score (nSPS) is 10.4. The highest BCUT2D eigenvalue weighted by Crippen LogP contribution is 2.22. The zero-order valence-corrected chi connectivity index (χ0v) is 12.8. The molecule has 0 bridgehead atoms. The molecule has 1 aromatic rings. The quantitative estimate of drug-likeness (QED) is 0.571. The van der Waals surface area contributed by atoms with E-state index >= 15 is 0 Å². The summed E-state index contributed by atoms with van der Waals surface area (Å²) in [6.07, 6.45) is 2.05. The number of rotatable bonds is 8. The highest BCUT2D eigenvalue weighted by molar-refractivity contribution is 9.10. The third-order valence-corrected chi connectivity index (χ3v) is 3.33. The fraction of sp³-hybridized carbons (Fsp3) is 0.467. The Labute approximate surface area is 119 Å². The zero-order chi connectivity index (χ0) is 13.4. The van der Waals surface area contributed by atoms with Gasteiger partial charge in [-0.2, -0.15) is 0 Å². The Balaban J connectivity index is 2.53. The average molecular weight is 312 g/mol. The summed E-state index contributed by atoms with van der Waals surface area (Å²) in [5.74, 6) is 0.924. The van der Waals surface area contributed by atoms with E-state index in [0.717, 1.165) is 41.7 Å². The Kier molecular flexibility index (Phi) is 7.06. The van der Waals surface area contributed by atoms with Gasteiger partial charge in [-0.1, -0.05) is 28.4 Å². The lowest BCUT2D eigenvalue weighted by Crippen LogP contribution is -2.14. The Morgan fingerprint density at radius 1 is 1.44 bits per heavy atom. The molecule has 0 unspecified atom stereocenters. The van der Waals surface area contributed by atoms with E-state index in [1.165, 1.54) is 5.56 Å². The summed E-state index contributed by atoms with van der Waals surface area (Å²) in [6.45, 7) is 10.7. The van der Waals surface area contributed by atoms with Gasteiger partial charge < -0.3 is 10.1 Å². The minimum absolute atomic E-state index is 0.693. The zero-order valence-electron chi connectivity index (χ0n) is 11.3. The first-order chi connectivity index (χ1) is 8.63. The van der Waals surface area contributed by atoms with Crippen LogP contribution in [0.4, 0.5) is 0 Å². The van der Waals surface area contributed by atoms with E-state index in [9.17, 15) is 0 Å². The van der Waals surface area contributed by atoms with Crippen molar-refractivity contribution in [3.05, 3.63) is 40.4 Å². The van der Waals surface area contributed by atoms with Crippen LogP contribution in [0.3, 0.4) is 0 Å². The van der Waals surface area contributed by atoms with Crippen LogP contribution in [0, 0.1) is 0 Å². The molecule has 0 spiro atoms. The van der Waals surface area contributed by atoms with Crippen molar-refractivity contribution >= 4 is 15.9 Å². The van der Waals surface area contributed by atoms with Gasteiger partial charge in [-0.25, -0.2) is 0 Å². The Hall–Kier alpha value is -0.800. The maximum Gasteiger partial charge on any atom is 0.119 e. The minimum Gasteiger partial charge on any atom is -0.493 e. The summed E-state index contributed by atoms with van der Waals surface area (Å²) >= 11 is 3.56. The molecule has 0 aromatic heterocycles. The van der Waals surface area contributed by atoms with Gasteiger partial charge in [0.1, 0.15) is 5.75 Å². The van der Waals surface area contributed by atoms with Crippen molar-refractivity contribution in [2.75, 3.05) is 13.2 Å². The molecular formula is C15H22BrNO. The molecule has 0 aliphatic heterocycles. The summed E-state index contributed by atoms with van der Waals surface area (Å²) in [4.78, 5) is 0. The van der Waals surface area contributed by atoms with Crippen LogP contribution in [-0.2, 0) is 6.54 Å². The first-order valence-electron chi connectivity index (χ1n) is 6.39. The topological polar surface area (TPSA) is 21.3 Å². The fourth-order valence-corrected chi connectivity index (χ4v) is 1.91. The van der Waals surface area contributed by atoms with Gasteiger partial charge in [0.05, 0.1) is 6.61 Å². The second-order valence-corrected chi connectivity index (χ2v) is 5.34. The lowest BCUT2D eigenvalue weighted by atomic mass is 10.2. The molecule has 100 valence electrons. The van der Waals surface area contributed by atoms with Crippen LogP contribution in [-0.4, -0.2) is 13.2 Å². The summed E-state index contributed by atoms with van der Waals surface area (Å²) in [5, 5.41) is 3.39. The second-order valence-electron chi connectivity index (χ2n) is 4.49. The van der Waals surface area contributed by atoms with Crippen LogP contribution in [0.15, 0.2) is 34.8 Å². The molecule has 0 saturated carbocycles. The smallest absolute Gasteiger partial charge is 0.119 e. The molecule has 0 fully saturated rings. The molecule has 0 amide bonds. The molecule has 3 heteroatoms. The van der Waals surface area contributed by atoms with Crippen LogP contribution < -0.4 is 10.1 Å². The van der Waals surface area contributed by atoms with Gasteiger partial charge in [0.15, 0.2) is 0 Å². The molecule has 1 aromatic carbocycles. The highest BCUT2D eigenvalue weighted by Gasteiger charge is 2.02. The molecule has 1 rings (SSSR count). The van der Waals surface area contributed by atoms with E-state index in [0.29, 0.717) is 6.61 Å². The molecule has 2 nitrogen and oxygen atoms in total. The summed E-state index contributed by atoms with van der Waals surface area (Å²) in [6, 6.07) is 6.12. The Morgan fingerprint density at radius 2 is 2.22 bits per heavy atom. The van der Waals surface area contributed by atoms with Crippen molar-refractivity contribution in [3.63, 3.8) is 0 Å². The lowest BCUT2D eigenvalue weighted by Gasteiger charge is -2.10. The highest BCUT2D eigenvalue weighted by atomic mass is 79.9. The van der Waals surface area contributed by atoms with Gasteiger partial charge in [-0.15, -0.1) is 6.58 Å². The first-order valence-corrected chi connectivity index (χ1v) is 7.19. The van der Waals surface area contributed by atoms with Gasteiger partial charge in [-0.3, -0.25) is 0 Å². The molecule has 0 heterocycles. The lowest BCUT2D eigenvalue weighted by molar-refractivity contribution is 0.321. The molecule has 0 radical (unpaired) electrons. The molecule has 0 saturated heterocycles. The largest absolute Gasteiger partial charge is 0.493 e. The Morgan fingerprint density at radius 3 is 2.89 bits per heavy atom. The van der Waals surface area contributed by atoms with E-state index in [4.69, 9.17) is 4.74 Å². The summed E-state index contributed by atoms with van der Waals surface area (Å²) in [7, 11) is 0. The Bertz CT molecular complexity index is 390. The van der Waals surface area contributed by atoms with Gasteiger partial charge in [-0.05, 0) is 43.7 Å². The monoisotopic (exact) mass is 311 g/mol. The number of ether oxygens (including phenoxy) is 1. The fourth-order valence-electron chi connectivity index (χ4n) is 1.52. The van der Waals surface area contributed by atoms with Crippen LogP contribution in [0.2, 0.25) is 0 Å². The van der Waals surface area contributed by atoms with E-state index in [1.54, 1.807) is 0 Å². The van der Waals surface area contributed by atoms with Crippen molar-refractivity contribution in [2.24, 2.45) is 0 Å². The van der Waals surface area contributed by atoms with E-state index in [-0.39, 0.29) is 0 Å². The number of nitrogens with one attached hydrogen (secondary N) is 1. The maximum atomic E-state index is 5.71. The molecule has 0 atom stereocenters. The number of hydrogen-bond acceptors (Lipinski definition) is 2. The molecule has 0 aliphatic carbocycles. The molecule has 0 aliphatic rings. The minimum atomic E-state index is 0.693. The van der Waals surface area contributed by atoms with Crippen LogP contribution >= 0.6 is 15.9 Å². The standard InChI is InChI=1S/C15H22BrNO/c1-4-8-17-11-13-10-14(5-6-15(13)16)18-9-7-12(2)3/h5-6,10,17H,2,4,7-9,11H2,1,3H3. The van der Waals surface area contributed by atoms with Crippen LogP contribution in [0.25, 0.3) is 0 Å². The van der Waals surface area contributed by atoms with Crippen molar-refractivity contribution in [1.29, 1.82) is 0 Å². The summed E-state index contributed by atoms with van der Waals surface area (Å²) < 4.78 is 6.83. The van der Waals surface area contributed by atoms with Crippen molar-refractivity contribution in [3.8, 4) is 5.75 Å². The molecular weight excluding hydrogens is 290 g/mol. The molecule has 18 heavy (non-hydrogen) atoms. The van der Waals surface area contributed by atoms with E-state index in [2.05, 4.69) is 40.8 Å². The van der Waals surface area contributed by atoms with Gasteiger partial charge in [0.25, 0.3) is 0 Å². The average Bonchev–Trinajstić information content (AvgIpc) is 2.33.